The number of hydrogen-bond acceptors (Lipinski definition) is 7. The second-order valence-corrected chi connectivity index (χ2v) is 8.13. The maximum Gasteiger partial charge on any atom is 0.326 e. The van der Waals surface area contributed by atoms with E-state index >= 15 is 0 Å². The summed E-state index contributed by atoms with van der Waals surface area (Å²) < 4.78 is 0. The zero-order valence-electron chi connectivity index (χ0n) is 17.1. The lowest BCUT2D eigenvalue weighted by Gasteiger charge is -2.28. The first kappa shape index (κ1) is 25.7. The maximum absolute atomic E-state index is 12.8. The fourth-order valence-electron chi connectivity index (χ4n) is 3.07. The SMILES string of the molecule is CSCCC(N)C(=O)NC(C)C(=O)NC(CCC(=O)O)C(=O)N1CCCC1C(=O)O. The number of carboxylic acids is 2. The van der Waals surface area contributed by atoms with Gasteiger partial charge in [-0.1, -0.05) is 0 Å². The number of likely N-dealkylation sites (tertiary alicyclic amines) is 1. The molecule has 0 spiro atoms. The summed E-state index contributed by atoms with van der Waals surface area (Å²) in [6.07, 6.45) is 2.53. The Hall–Kier alpha value is -2.34. The number of hydrogen-bond donors (Lipinski definition) is 5. The Morgan fingerprint density at radius 2 is 1.80 bits per heavy atom. The first-order valence-corrected chi connectivity index (χ1v) is 11.1. The summed E-state index contributed by atoms with van der Waals surface area (Å²) in [5.41, 5.74) is 5.77. The van der Waals surface area contributed by atoms with Gasteiger partial charge in [-0.05, 0) is 44.6 Å². The highest BCUT2D eigenvalue weighted by Crippen LogP contribution is 2.19. The van der Waals surface area contributed by atoms with Crippen molar-refractivity contribution in [3.8, 4) is 0 Å². The number of carbonyl (C=O) groups excluding carboxylic acids is 3. The van der Waals surface area contributed by atoms with Gasteiger partial charge in [0.05, 0.1) is 6.04 Å². The number of carbonyl (C=O) groups is 5. The van der Waals surface area contributed by atoms with Crippen LogP contribution in [0.4, 0.5) is 0 Å². The van der Waals surface area contributed by atoms with Crippen LogP contribution in [0.15, 0.2) is 0 Å². The first-order chi connectivity index (χ1) is 14.1. The van der Waals surface area contributed by atoms with Gasteiger partial charge in [0.2, 0.25) is 17.7 Å². The van der Waals surface area contributed by atoms with Crippen molar-refractivity contribution in [2.45, 2.75) is 63.2 Å². The smallest absolute Gasteiger partial charge is 0.326 e. The summed E-state index contributed by atoms with van der Waals surface area (Å²) in [4.78, 5) is 60.9. The van der Waals surface area contributed by atoms with E-state index in [1.165, 1.54) is 18.7 Å². The highest BCUT2D eigenvalue weighted by Gasteiger charge is 2.38. The molecule has 3 amide bonds. The lowest BCUT2D eigenvalue weighted by atomic mass is 10.1. The molecule has 0 aromatic rings. The molecule has 0 radical (unpaired) electrons. The quantitative estimate of drug-likeness (QED) is 0.251. The molecule has 4 atom stereocenters. The summed E-state index contributed by atoms with van der Waals surface area (Å²) in [5.74, 6) is -3.46. The van der Waals surface area contributed by atoms with Crippen LogP contribution in [-0.2, 0) is 24.0 Å². The van der Waals surface area contributed by atoms with E-state index in [9.17, 15) is 29.1 Å². The largest absolute Gasteiger partial charge is 0.481 e. The van der Waals surface area contributed by atoms with E-state index in [0.717, 1.165) is 4.90 Å². The Kier molecular flexibility index (Phi) is 10.6. The number of nitrogens with one attached hydrogen (secondary N) is 2. The summed E-state index contributed by atoms with van der Waals surface area (Å²) in [6, 6.07) is -4.00. The van der Waals surface area contributed by atoms with Gasteiger partial charge in [0.25, 0.3) is 0 Å². The van der Waals surface area contributed by atoms with E-state index < -0.39 is 53.8 Å². The lowest BCUT2D eigenvalue weighted by molar-refractivity contribution is -0.150. The summed E-state index contributed by atoms with van der Waals surface area (Å²) >= 11 is 1.53. The Morgan fingerprint density at radius 1 is 1.13 bits per heavy atom. The third-order valence-corrected chi connectivity index (χ3v) is 5.45. The average Bonchev–Trinajstić information content (AvgIpc) is 3.18. The number of carboxylic acid groups (broad SMARTS) is 2. The summed E-state index contributed by atoms with van der Waals surface area (Å²) in [6.45, 7) is 1.63. The van der Waals surface area contributed by atoms with Gasteiger partial charge in [0, 0.05) is 13.0 Å². The fraction of sp³-hybridized carbons (Fsp3) is 0.722. The van der Waals surface area contributed by atoms with E-state index in [1.807, 2.05) is 6.26 Å². The number of amides is 3. The van der Waals surface area contributed by atoms with Crippen LogP contribution in [0, 0.1) is 0 Å². The van der Waals surface area contributed by atoms with Crippen LogP contribution < -0.4 is 16.4 Å². The Morgan fingerprint density at radius 3 is 2.37 bits per heavy atom. The number of aliphatic carboxylic acids is 2. The van der Waals surface area contributed by atoms with Gasteiger partial charge in [0.1, 0.15) is 18.1 Å². The minimum Gasteiger partial charge on any atom is -0.481 e. The molecule has 30 heavy (non-hydrogen) atoms. The minimum atomic E-state index is -1.21. The highest BCUT2D eigenvalue weighted by molar-refractivity contribution is 7.98. The Balaban J connectivity index is 2.79. The van der Waals surface area contributed by atoms with E-state index in [1.54, 1.807) is 0 Å². The van der Waals surface area contributed by atoms with E-state index in [4.69, 9.17) is 10.8 Å². The van der Waals surface area contributed by atoms with Crippen molar-refractivity contribution in [1.29, 1.82) is 0 Å². The van der Waals surface area contributed by atoms with Crippen molar-refractivity contribution >= 4 is 41.4 Å². The molecular formula is C18H30N4O7S. The number of nitrogens with two attached hydrogens (primary N) is 1. The second kappa shape index (κ2) is 12.4. The van der Waals surface area contributed by atoms with Gasteiger partial charge < -0.3 is 31.5 Å². The average molecular weight is 447 g/mol. The minimum absolute atomic E-state index is 0.198. The van der Waals surface area contributed by atoms with Gasteiger partial charge in [-0.3, -0.25) is 19.2 Å². The molecular weight excluding hydrogens is 416 g/mol. The van der Waals surface area contributed by atoms with Crippen LogP contribution in [0.2, 0.25) is 0 Å². The van der Waals surface area contributed by atoms with Crippen molar-refractivity contribution < 1.29 is 34.2 Å². The first-order valence-electron chi connectivity index (χ1n) is 9.68. The molecule has 170 valence electrons. The standard InChI is InChI=1S/C18H30N4O7S/c1-10(20-16(26)11(19)7-9-30-2)15(25)21-12(5-6-14(23)24)17(27)22-8-3-4-13(22)18(28)29/h10-13H,3-9,19H2,1-2H3,(H,20,26)(H,21,25)(H,23,24)(H,28,29). The molecule has 0 saturated carbocycles. The third kappa shape index (κ3) is 7.82. The number of nitrogens with zero attached hydrogens (tertiary/aromatic N) is 1. The molecule has 11 nitrogen and oxygen atoms in total. The van der Waals surface area contributed by atoms with Crippen LogP contribution in [0.1, 0.15) is 39.0 Å². The Bertz CT molecular complexity index is 660. The lowest BCUT2D eigenvalue weighted by Crippen LogP contribution is -2.56. The molecule has 12 heteroatoms. The Labute approximate surface area is 179 Å². The normalized spacial score (nSPS) is 18.9. The molecule has 1 heterocycles. The molecule has 1 saturated heterocycles. The number of rotatable bonds is 12. The van der Waals surface area contributed by atoms with Crippen molar-refractivity contribution in [2.24, 2.45) is 5.73 Å². The van der Waals surface area contributed by atoms with Gasteiger partial charge in [0.15, 0.2) is 0 Å². The summed E-state index contributed by atoms with van der Waals surface area (Å²) in [7, 11) is 0. The highest BCUT2D eigenvalue weighted by atomic mass is 32.2. The van der Waals surface area contributed by atoms with Crippen LogP contribution >= 0.6 is 11.8 Å². The van der Waals surface area contributed by atoms with Crippen LogP contribution in [0.5, 0.6) is 0 Å². The second-order valence-electron chi connectivity index (χ2n) is 7.14. The van der Waals surface area contributed by atoms with Gasteiger partial charge in [-0.2, -0.15) is 11.8 Å². The van der Waals surface area contributed by atoms with Crippen LogP contribution in [-0.4, -0.2) is 87.5 Å². The van der Waals surface area contributed by atoms with Crippen molar-refractivity contribution in [3.05, 3.63) is 0 Å². The van der Waals surface area contributed by atoms with Crippen LogP contribution in [0.3, 0.4) is 0 Å². The zero-order chi connectivity index (χ0) is 22.8. The predicted octanol–water partition coefficient (Wildman–Crippen LogP) is -1.00. The monoisotopic (exact) mass is 446 g/mol. The molecule has 0 aromatic heterocycles. The summed E-state index contributed by atoms with van der Waals surface area (Å²) in [5, 5.41) is 23.1. The number of thioether (sulfide) groups is 1. The molecule has 1 rings (SSSR count). The van der Waals surface area contributed by atoms with E-state index in [0.29, 0.717) is 25.0 Å². The molecule has 1 aliphatic heterocycles. The predicted molar refractivity (Wildman–Crippen MR) is 110 cm³/mol. The maximum atomic E-state index is 12.8. The van der Waals surface area contributed by atoms with Gasteiger partial charge >= 0.3 is 11.9 Å². The van der Waals surface area contributed by atoms with Crippen molar-refractivity contribution in [2.75, 3.05) is 18.6 Å². The molecule has 1 aliphatic rings. The topological polar surface area (TPSA) is 179 Å². The molecule has 0 aliphatic carbocycles. The van der Waals surface area contributed by atoms with Gasteiger partial charge in [-0.25, -0.2) is 4.79 Å². The fourth-order valence-corrected chi connectivity index (χ4v) is 3.56. The van der Waals surface area contributed by atoms with Crippen molar-refractivity contribution in [1.82, 2.24) is 15.5 Å². The third-order valence-electron chi connectivity index (χ3n) is 4.80. The molecule has 4 unspecified atom stereocenters. The van der Waals surface area contributed by atoms with Crippen molar-refractivity contribution in [3.63, 3.8) is 0 Å². The van der Waals surface area contributed by atoms with E-state index in [-0.39, 0.29) is 19.4 Å². The molecule has 0 aromatic carbocycles. The molecule has 0 bridgehead atoms. The molecule has 6 N–H and O–H groups in total. The van der Waals surface area contributed by atoms with Crippen LogP contribution in [0.25, 0.3) is 0 Å². The van der Waals surface area contributed by atoms with E-state index in [2.05, 4.69) is 10.6 Å². The molecule has 1 fully saturated rings. The van der Waals surface area contributed by atoms with Gasteiger partial charge in [-0.15, -0.1) is 0 Å². The zero-order valence-corrected chi connectivity index (χ0v) is 17.9.